The van der Waals surface area contributed by atoms with Gasteiger partial charge in [0.2, 0.25) is 5.91 Å². The molecule has 23 heavy (non-hydrogen) atoms. The van der Waals surface area contributed by atoms with Crippen LogP contribution in [0.3, 0.4) is 0 Å². The van der Waals surface area contributed by atoms with E-state index in [0.29, 0.717) is 6.54 Å². The van der Waals surface area contributed by atoms with Crippen LogP contribution in [-0.2, 0) is 9.59 Å². The van der Waals surface area contributed by atoms with Crippen molar-refractivity contribution in [3.05, 3.63) is 29.8 Å². The summed E-state index contributed by atoms with van der Waals surface area (Å²) in [5.41, 5.74) is 4.98. The summed E-state index contributed by atoms with van der Waals surface area (Å²) in [5.74, 6) is -0.186. The SMILES string of the molecule is CC(=O)Nc1ccc(C(C)=NNC(=O)CN2CCCCC2)cc1. The van der Waals surface area contributed by atoms with Gasteiger partial charge in [-0.2, -0.15) is 5.10 Å². The molecular weight excluding hydrogens is 292 g/mol. The van der Waals surface area contributed by atoms with Crippen LogP contribution in [0.5, 0.6) is 0 Å². The van der Waals surface area contributed by atoms with Crippen LogP contribution in [0.1, 0.15) is 38.7 Å². The van der Waals surface area contributed by atoms with Crippen molar-refractivity contribution in [1.82, 2.24) is 10.3 Å². The molecule has 2 rings (SSSR count). The van der Waals surface area contributed by atoms with E-state index in [4.69, 9.17) is 0 Å². The number of rotatable bonds is 5. The van der Waals surface area contributed by atoms with E-state index in [9.17, 15) is 9.59 Å². The van der Waals surface area contributed by atoms with Crippen LogP contribution in [0.2, 0.25) is 0 Å². The molecule has 124 valence electrons. The average molecular weight is 316 g/mol. The van der Waals surface area contributed by atoms with Gasteiger partial charge in [-0.1, -0.05) is 18.6 Å². The molecule has 0 aliphatic carbocycles. The van der Waals surface area contributed by atoms with Crippen molar-refractivity contribution in [2.75, 3.05) is 25.0 Å². The highest BCUT2D eigenvalue weighted by Crippen LogP contribution is 2.10. The number of hydrazone groups is 1. The topological polar surface area (TPSA) is 73.8 Å². The van der Waals surface area contributed by atoms with Gasteiger partial charge in [0.25, 0.3) is 5.91 Å². The number of carbonyl (C=O) groups is 2. The predicted octanol–water partition coefficient (Wildman–Crippen LogP) is 1.97. The van der Waals surface area contributed by atoms with E-state index in [2.05, 4.69) is 20.7 Å². The second kappa shape index (κ2) is 8.43. The van der Waals surface area contributed by atoms with Gasteiger partial charge in [-0.15, -0.1) is 0 Å². The first kappa shape index (κ1) is 17.1. The summed E-state index contributed by atoms with van der Waals surface area (Å²) in [6.45, 7) is 5.69. The van der Waals surface area contributed by atoms with Crippen molar-refractivity contribution in [2.45, 2.75) is 33.1 Å². The van der Waals surface area contributed by atoms with E-state index in [1.165, 1.54) is 13.3 Å². The van der Waals surface area contributed by atoms with Crippen molar-refractivity contribution in [2.24, 2.45) is 5.10 Å². The Labute approximate surface area is 136 Å². The molecule has 1 saturated heterocycles. The van der Waals surface area contributed by atoms with Crippen molar-refractivity contribution in [3.63, 3.8) is 0 Å². The molecule has 1 heterocycles. The molecule has 1 aromatic rings. The Balaban J connectivity index is 1.86. The summed E-state index contributed by atoms with van der Waals surface area (Å²) < 4.78 is 0. The van der Waals surface area contributed by atoms with Crippen LogP contribution in [0.25, 0.3) is 0 Å². The lowest BCUT2D eigenvalue weighted by Gasteiger charge is -2.25. The number of hydrogen-bond donors (Lipinski definition) is 2. The number of hydrogen-bond acceptors (Lipinski definition) is 4. The minimum Gasteiger partial charge on any atom is -0.326 e. The Morgan fingerprint density at radius 2 is 1.74 bits per heavy atom. The highest BCUT2D eigenvalue weighted by Gasteiger charge is 2.13. The van der Waals surface area contributed by atoms with Gasteiger partial charge in [0.15, 0.2) is 0 Å². The zero-order valence-corrected chi connectivity index (χ0v) is 13.8. The Bertz CT molecular complexity index is 575. The third-order valence-electron chi connectivity index (χ3n) is 3.79. The van der Waals surface area contributed by atoms with Crippen LogP contribution in [0.15, 0.2) is 29.4 Å². The first-order valence-electron chi connectivity index (χ1n) is 7.98. The molecule has 0 radical (unpaired) electrons. The first-order chi connectivity index (χ1) is 11.0. The second-order valence-corrected chi connectivity index (χ2v) is 5.83. The molecule has 0 atom stereocenters. The largest absolute Gasteiger partial charge is 0.326 e. The molecule has 0 spiro atoms. The third-order valence-corrected chi connectivity index (χ3v) is 3.79. The summed E-state index contributed by atoms with van der Waals surface area (Å²) in [5, 5.41) is 6.87. The van der Waals surface area contributed by atoms with E-state index in [-0.39, 0.29) is 11.8 Å². The Hall–Kier alpha value is -2.21. The normalized spacial score (nSPS) is 16.0. The fraction of sp³-hybridized carbons (Fsp3) is 0.471. The highest BCUT2D eigenvalue weighted by atomic mass is 16.2. The lowest BCUT2D eigenvalue weighted by Crippen LogP contribution is -2.38. The third kappa shape index (κ3) is 5.83. The summed E-state index contributed by atoms with van der Waals surface area (Å²) >= 11 is 0. The fourth-order valence-electron chi connectivity index (χ4n) is 2.56. The zero-order chi connectivity index (χ0) is 16.7. The van der Waals surface area contributed by atoms with Gasteiger partial charge in [0.1, 0.15) is 0 Å². The van der Waals surface area contributed by atoms with Crippen LogP contribution < -0.4 is 10.7 Å². The number of piperidine rings is 1. The van der Waals surface area contributed by atoms with Crippen molar-refractivity contribution >= 4 is 23.2 Å². The molecule has 1 fully saturated rings. The highest BCUT2D eigenvalue weighted by molar-refractivity contribution is 6.00. The number of carbonyl (C=O) groups excluding carboxylic acids is 2. The number of amides is 2. The van der Waals surface area contributed by atoms with Crippen molar-refractivity contribution < 1.29 is 9.59 Å². The van der Waals surface area contributed by atoms with Crippen LogP contribution in [0.4, 0.5) is 5.69 Å². The number of nitrogens with one attached hydrogen (secondary N) is 2. The summed E-state index contributed by atoms with van der Waals surface area (Å²) in [6.07, 6.45) is 3.58. The Morgan fingerprint density at radius 3 is 2.35 bits per heavy atom. The minimum atomic E-state index is -0.104. The molecular formula is C17H24N4O2. The van der Waals surface area contributed by atoms with Gasteiger partial charge >= 0.3 is 0 Å². The summed E-state index contributed by atoms with van der Waals surface area (Å²) in [6, 6.07) is 7.35. The maximum atomic E-state index is 11.9. The monoisotopic (exact) mass is 316 g/mol. The van der Waals surface area contributed by atoms with Crippen LogP contribution >= 0.6 is 0 Å². The van der Waals surface area contributed by atoms with Crippen LogP contribution in [0, 0.1) is 0 Å². The molecule has 0 bridgehead atoms. The van der Waals surface area contributed by atoms with Crippen LogP contribution in [-0.4, -0.2) is 42.1 Å². The maximum Gasteiger partial charge on any atom is 0.254 e. The molecule has 0 saturated carbocycles. The second-order valence-electron chi connectivity index (χ2n) is 5.83. The standard InChI is InChI=1S/C17H24N4O2/c1-13(15-6-8-16(9-7-15)18-14(2)22)19-20-17(23)12-21-10-4-3-5-11-21/h6-9H,3-5,10-12H2,1-2H3,(H,18,22)(H,20,23). The van der Waals surface area contributed by atoms with E-state index in [1.807, 2.05) is 31.2 Å². The quantitative estimate of drug-likeness (QED) is 0.644. The predicted molar refractivity (Wildman–Crippen MR) is 91.4 cm³/mol. The maximum absolute atomic E-state index is 11.9. The molecule has 2 amide bonds. The number of benzene rings is 1. The van der Waals surface area contributed by atoms with E-state index < -0.39 is 0 Å². The zero-order valence-electron chi connectivity index (χ0n) is 13.8. The minimum absolute atomic E-state index is 0.0823. The molecule has 1 aliphatic heterocycles. The molecule has 6 heteroatoms. The molecule has 0 aromatic heterocycles. The van der Waals surface area contributed by atoms with Gasteiger partial charge in [-0.3, -0.25) is 14.5 Å². The lowest BCUT2D eigenvalue weighted by atomic mass is 10.1. The summed E-state index contributed by atoms with van der Waals surface area (Å²) in [7, 11) is 0. The Morgan fingerprint density at radius 1 is 1.09 bits per heavy atom. The number of nitrogens with zero attached hydrogens (tertiary/aromatic N) is 2. The number of anilines is 1. The smallest absolute Gasteiger partial charge is 0.254 e. The fourth-order valence-corrected chi connectivity index (χ4v) is 2.56. The van der Waals surface area contributed by atoms with Gasteiger partial charge in [0, 0.05) is 12.6 Å². The summed E-state index contributed by atoms with van der Waals surface area (Å²) in [4.78, 5) is 25.1. The Kier molecular flexibility index (Phi) is 6.29. The molecule has 1 aromatic carbocycles. The van der Waals surface area contributed by atoms with E-state index >= 15 is 0 Å². The van der Waals surface area contributed by atoms with E-state index in [1.54, 1.807) is 0 Å². The number of likely N-dealkylation sites (tertiary alicyclic amines) is 1. The molecule has 2 N–H and O–H groups in total. The van der Waals surface area contributed by atoms with Crippen molar-refractivity contribution in [1.29, 1.82) is 0 Å². The van der Waals surface area contributed by atoms with Gasteiger partial charge in [-0.25, -0.2) is 5.43 Å². The lowest BCUT2D eigenvalue weighted by molar-refractivity contribution is -0.122. The van der Waals surface area contributed by atoms with Gasteiger partial charge < -0.3 is 5.32 Å². The van der Waals surface area contributed by atoms with Crippen molar-refractivity contribution in [3.8, 4) is 0 Å². The average Bonchev–Trinajstić information content (AvgIpc) is 2.54. The molecule has 0 unspecified atom stereocenters. The van der Waals surface area contributed by atoms with Gasteiger partial charge in [0.05, 0.1) is 12.3 Å². The van der Waals surface area contributed by atoms with Gasteiger partial charge in [-0.05, 0) is 50.6 Å². The first-order valence-corrected chi connectivity index (χ1v) is 7.98. The molecule has 1 aliphatic rings. The van der Waals surface area contributed by atoms with E-state index in [0.717, 1.165) is 42.9 Å². The molecule has 6 nitrogen and oxygen atoms in total.